The molecule has 1 unspecified atom stereocenters. The average molecular weight is 178 g/mol. The first-order chi connectivity index (χ1) is 5.54. The second kappa shape index (κ2) is 5.21. The molecule has 3 atom stereocenters. The van der Waals surface area contributed by atoms with Crippen LogP contribution in [0.15, 0.2) is 0 Å². The zero-order valence-corrected chi connectivity index (χ0v) is 6.84. The number of carbonyl (C=O) groups is 1. The van der Waals surface area contributed by atoms with E-state index >= 15 is 0 Å². The molecule has 0 fully saturated rings. The Morgan fingerprint density at radius 2 is 1.83 bits per heavy atom. The number of hydrogen-bond acceptors (Lipinski definition) is 5. The number of rotatable bonds is 5. The molecule has 0 aromatic carbocycles. The van der Waals surface area contributed by atoms with Gasteiger partial charge >= 0.3 is 0 Å². The Bertz CT molecular complexity index is 147. The second-order valence-corrected chi connectivity index (χ2v) is 2.51. The largest absolute Gasteiger partial charge is 0.394 e. The van der Waals surface area contributed by atoms with Crippen molar-refractivity contribution in [1.82, 2.24) is 0 Å². The van der Waals surface area contributed by atoms with Gasteiger partial charge in [0.25, 0.3) is 0 Å². The van der Waals surface area contributed by atoms with E-state index in [0.29, 0.717) is 0 Å². The predicted octanol–water partition coefficient (Wildman–Crippen LogP) is -1.96. The van der Waals surface area contributed by atoms with E-state index in [1.165, 1.54) is 6.92 Å². The maximum atomic E-state index is 10.8. The first-order valence-corrected chi connectivity index (χ1v) is 3.72. The predicted molar refractivity (Wildman–Crippen MR) is 40.4 cm³/mol. The topological polar surface area (TPSA) is 98.0 Å². The van der Waals surface area contributed by atoms with Gasteiger partial charge in [0.05, 0.1) is 6.61 Å². The van der Waals surface area contributed by atoms with Crippen molar-refractivity contribution in [2.24, 2.45) is 0 Å². The van der Waals surface area contributed by atoms with Gasteiger partial charge in [0.15, 0.2) is 5.78 Å². The molecule has 5 heteroatoms. The molecule has 0 radical (unpaired) electrons. The molecule has 0 aromatic rings. The fourth-order valence-corrected chi connectivity index (χ4v) is 0.718. The molecule has 72 valence electrons. The molecule has 0 bridgehead atoms. The van der Waals surface area contributed by atoms with Crippen molar-refractivity contribution < 1.29 is 25.2 Å². The zero-order chi connectivity index (χ0) is 9.72. The molecule has 0 rings (SSSR count). The molecule has 4 N–H and O–H groups in total. The summed E-state index contributed by atoms with van der Waals surface area (Å²) in [6.45, 7) is 0.846. The van der Waals surface area contributed by atoms with Crippen molar-refractivity contribution in [1.29, 1.82) is 0 Å². The standard InChI is InChI=1S/C7H14O5/c1-2-4(9)6(11)7(12)5(10)3-8/h5-8,10-12H,2-3H2,1H3/t5-,6?,7+/m0/s1. The lowest BCUT2D eigenvalue weighted by atomic mass is 10.0. The van der Waals surface area contributed by atoms with E-state index in [1.54, 1.807) is 0 Å². The number of aliphatic hydroxyl groups is 4. The van der Waals surface area contributed by atoms with Crippen molar-refractivity contribution in [2.75, 3.05) is 6.61 Å². The summed E-state index contributed by atoms with van der Waals surface area (Å²) >= 11 is 0. The summed E-state index contributed by atoms with van der Waals surface area (Å²) in [5, 5.41) is 35.2. The Morgan fingerprint density at radius 1 is 1.33 bits per heavy atom. The molecule has 0 aliphatic carbocycles. The summed E-state index contributed by atoms with van der Waals surface area (Å²) in [6.07, 6.45) is -4.62. The van der Waals surface area contributed by atoms with Gasteiger partial charge in [-0.15, -0.1) is 0 Å². The highest BCUT2D eigenvalue weighted by Crippen LogP contribution is 2.02. The van der Waals surface area contributed by atoms with Crippen LogP contribution in [0.2, 0.25) is 0 Å². The molecule has 0 amide bonds. The van der Waals surface area contributed by atoms with Gasteiger partial charge in [0.2, 0.25) is 0 Å². The lowest BCUT2D eigenvalue weighted by molar-refractivity contribution is -0.139. The summed E-state index contributed by atoms with van der Waals surface area (Å²) in [4.78, 5) is 10.8. The van der Waals surface area contributed by atoms with Crippen LogP contribution in [0, 0.1) is 0 Å². The molecule has 0 saturated heterocycles. The molecule has 0 aliphatic heterocycles. The fourth-order valence-electron chi connectivity index (χ4n) is 0.718. The Hall–Kier alpha value is -0.490. The number of carbonyl (C=O) groups excluding carboxylic acids is 1. The maximum absolute atomic E-state index is 10.8. The fraction of sp³-hybridized carbons (Fsp3) is 0.857. The smallest absolute Gasteiger partial charge is 0.163 e. The van der Waals surface area contributed by atoms with E-state index in [2.05, 4.69) is 0 Å². The summed E-state index contributed by atoms with van der Waals surface area (Å²) < 4.78 is 0. The highest BCUT2D eigenvalue weighted by atomic mass is 16.4. The minimum atomic E-state index is -1.61. The van der Waals surface area contributed by atoms with Gasteiger partial charge in [-0.2, -0.15) is 0 Å². The SMILES string of the molecule is CCC(=O)C(O)[C@H](O)[C@@H](O)CO. The number of Topliss-reactive ketones (excluding diaryl/α,β-unsaturated/α-hetero) is 1. The van der Waals surface area contributed by atoms with Gasteiger partial charge in [-0.3, -0.25) is 4.79 Å². The molecule has 0 heterocycles. The third kappa shape index (κ3) is 2.86. The van der Waals surface area contributed by atoms with Crippen LogP contribution < -0.4 is 0 Å². The number of ketones is 1. The quantitative estimate of drug-likeness (QED) is 0.392. The molecular weight excluding hydrogens is 164 g/mol. The highest BCUT2D eigenvalue weighted by Gasteiger charge is 2.28. The summed E-state index contributed by atoms with van der Waals surface area (Å²) in [5.74, 6) is -0.560. The molecule has 12 heavy (non-hydrogen) atoms. The van der Waals surface area contributed by atoms with Crippen molar-refractivity contribution in [2.45, 2.75) is 31.7 Å². The molecule has 0 aliphatic rings. The van der Waals surface area contributed by atoms with Crippen LogP contribution in [-0.4, -0.2) is 51.1 Å². The maximum Gasteiger partial charge on any atom is 0.163 e. The van der Waals surface area contributed by atoms with Crippen molar-refractivity contribution in [3.8, 4) is 0 Å². The van der Waals surface area contributed by atoms with Gasteiger partial charge in [-0.25, -0.2) is 0 Å². The van der Waals surface area contributed by atoms with E-state index in [4.69, 9.17) is 20.4 Å². The van der Waals surface area contributed by atoms with Crippen LogP contribution in [0.4, 0.5) is 0 Å². The van der Waals surface area contributed by atoms with Gasteiger partial charge < -0.3 is 20.4 Å². The molecule has 0 aromatic heterocycles. The highest BCUT2D eigenvalue weighted by molar-refractivity contribution is 5.83. The Kier molecular flexibility index (Phi) is 5.00. The van der Waals surface area contributed by atoms with Crippen LogP contribution in [0.5, 0.6) is 0 Å². The van der Waals surface area contributed by atoms with Crippen LogP contribution in [0.3, 0.4) is 0 Å². The van der Waals surface area contributed by atoms with E-state index in [9.17, 15) is 4.79 Å². The van der Waals surface area contributed by atoms with Crippen molar-refractivity contribution in [3.63, 3.8) is 0 Å². The minimum Gasteiger partial charge on any atom is -0.394 e. The number of aliphatic hydroxyl groups excluding tert-OH is 4. The van der Waals surface area contributed by atoms with E-state index in [0.717, 1.165) is 0 Å². The monoisotopic (exact) mass is 178 g/mol. The van der Waals surface area contributed by atoms with E-state index in [-0.39, 0.29) is 6.42 Å². The lowest BCUT2D eigenvalue weighted by Crippen LogP contribution is -2.43. The average Bonchev–Trinajstić information content (AvgIpc) is 2.12. The van der Waals surface area contributed by atoms with Crippen LogP contribution in [0.25, 0.3) is 0 Å². The summed E-state index contributed by atoms with van der Waals surface area (Å²) in [5.41, 5.74) is 0. The molecule has 0 saturated carbocycles. The Balaban J connectivity index is 4.08. The third-order valence-corrected chi connectivity index (χ3v) is 1.58. The van der Waals surface area contributed by atoms with Gasteiger partial charge in [-0.05, 0) is 0 Å². The minimum absolute atomic E-state index is 0.0797. The van der Waals surface area contributed by atoms with Gasteiger partial charge in [-0.1, -0.05) is 6.92 Å². The molecule has 0 spiro atoms. The van der Waals surface area contributed by atoms with E-state index in [1.807, 2.05) is 0 Å². The summed E-state index contributed by atoms with van der Waals surface area (Å²) in [6, 6.07) is 0. The van der Waals surface area contributed by atoms with Crippen molar-refractivity contribution >= 4 is 5.78 Å². The first kappa shape index (κ1) is 11.5. The molecular formula is C7H14O5. The summed E-state index contributed by atoms with van der Waals surface area (Å²) in [7, 11) is 0. The molecule has 5 nitrogen and oxygen atoms in total. The first-order valence-electron chi connectivity index (χ1n) is 3.72. The zero-order valence-electron chi connectivity index (χ0n) is 6.84. The van der Waals surface area contributed by atoms with Gasteiger partial charge in [0.1, 0.15) is 18.3 Å². The van der Waals surface area contributed by atoms with Gasteiger partial charge in [0, 0.05) is 6.42 Å². The van der Waals surface area contributed by atoms with Crippen LogP contribution in [-0.2, 0) is 4.79 Å². The van der Waals surface area contributed by atoms with E-state index < -0.39 is 30.7 Å². The van der Waals surface area contributed by atoms with Crippen LogP contribution >= 0.6 is 0 Å². The van der Waals surface area contributed by atoms with Crippen molar-refractivity contribution in [3.05, 3.63) is 0 Å². The Labute approximate surface area is 70.3 Å². The number of hydrogen-bond donors (Lipinski definition) is 4. The van der Waals surface area contributed by atoms with Crippen LogP contribution in [0.1, 0.15) is 13.3 Å². The Morgan fingerprint density at radius 3 is 2.17 bits per heavy atom. The lowest BCUT2D eigenvalue weighted by Gasteiger charge is -2.19. The third-order valence-electron chi connectivity index (χ3n) is 1.58. The normalized spacial score (nSPS) is 18.4. The second-order valence-electron chi connectivity index (χ2n) is 2.51.